The molecule has 62 valence electrons. The Labute approximate surface area is 65.6 Å². The fourth-order valence-corrected chi connectivity index (χ4v) is 0.858. The van der Waals surface area contributed by atoms with Crippen LogP contribution in [0.2, 0.25) is 0 Å². The Balaban J connectivity index is 2.56. The Morgan fingerprint density at radius 3 is 2.82 bits per heavy atom. The maximum atomic E-state index is 8.93. The monoisotopic (exact) mass is 155 g/mol. The summed E-state index contributed by atoms with van der Waals surface area (Å²) in [5.74, 6) is 0. The number of nitrogens with one attached hydrogen (secondary N) is 1. The Morgan fingerprint density at radius 2 is 2.36 bits per heavy atom. The zero-order valence-corrected chi connectivity index (χ0v) is 6.83. The number of aromatic nitrogens is 3. The van der Waals surface area contributed by atoms with Crippen LogP contribution in [0.4, 0.5) is 0 Å². The minimum Gasteiger partial charge on any atom is -0.396 e. The first-order chi connectivity index (χ1) is 5.14. The van der Waals surface area contributed by atoms with Gasteiger partial charge < -0.3 is 5.11 Å². The first-order valence-electron chi connectivity index (χ1n) is 3.60. The number of aromatic amines is 1. The van der Waals surface area contributed by atoms with E-state index in [9.17, 15) is 0 Å². The van der Waals surface area contributed by atoms with E-state index >= 15 is 0 Å². The highest BCUT2D eigenvalue weighted by molar-refractivity contribution is 4.95. The first kappa shape index (κ1) is 8.20. The molecule has 2 N–H and O–H groups in total. The molecular formula is C7H13N3O. The Kier molecular flexibility index (Phi) is 2.24. The van der Waals surface area contributed by atoms with E-state index < -0.39 is 0 Å². The summed E-state index contributed by atoms with van der Waals surface area (Å²) >= 11 is 0. The second kappa shape index (κ2) is 3.00. The van der Waals surface area contributed by atoms with Crippen LogP contribution in [0.1, 0.15) is 19.5 Å². The molecule has 0 aliphatic rings. The van der Waals surface area contributed by atoms with Crippen molar-refractivity contribution in [2.45, 2.75) is 20.3 Å². The summed E-state index contributed by atoms with van der Waals surface area (Å²) < 4.78 is 0. The van der Waals surface area contributed by atoms with Gasteiger partial charge in [-0.15, -0.1) is 5.10 Å². The molecule has 0 aliphatic heterocycles. The van der Waals surface area contributed by atoms with Gasteiger partial charge in [0, 0.05) is 19.2 Å². The highest BCUT2D eigenvalue weighted by Gasteiger charge is 2.18. The lowest BCUT2D eigenvalue weighted by atomic mass is 9.89. The van der Waals surface area contributed by atoms with Crippen LogP contribution in [-0.2, 0) is 6.42 Å². The summed E-state index contributed by atoms with van der Waals surface area (Å²) in [6, 6.07) is 0. The summed E-state index contributed by atoms with van der Waals surface area (Å²) in [4.78, 5) is 0. The molecule has 0 bridgehead atoms. The first-order valence-corrected chi connectivity index (χ1v) is 3.60. The van der Waals surface area contributed by atoms with Crippen molar-refractivity contribution >= 4 is 0 Å². The second-order valence-electron chi connectivity index (χ2n) is 3.46. The molecule has 0 unspecified atom stereocenters. The molecule has 4 heteroatoms. The van der Waals surface area contributed by atoms with E-state index in [1.54, 1.807) is 6.20 Å². The van der Waals surface area contributed by atoms with Crippen LogP contribution in [0.15, 0.2) is 6.20 Å². The van der Waals surface area contributed by atoms with Crippen molar-refractivity contribution in [2.75, 3.05) is 6.61 Å². The van der Waals surface area contributed by atoms with Crippen molar-refractivity contribution < 1.29 is 5.11 Å². The molecule has 0 spiro atoms. The van der Waals surface area contributed by atoms with Crippen molar-refractivity contribution in [3.05, 3.63) is 11.9 Å². The van der Waals surface area contributed by atoms with Gasteiger partial charge in [0.05, 0.1) is 5.69 Å². The lowest BCUT2D eigenvalue weighted by molar-refractivity contribution is 0.158. The van der Waals surface area contributed by atoms with E-state index in [0.717, 1.165) is 12.1 Å². The van der Waals surface area contributed by atoms with Gasteiger partial charge in [-0.2, -0.15) is 0 Å². The molecule has 0 atom stereocenters. The number of aliphatic hydroxyl groups excluding tert-OH is 1. The maximum Gasteiger partial charge on any atom is 0.0830 e. The SMILES string of the molecule is CC(C)(CO)Cc1c[nH]nn1. The minimum atomic E-state index is -0.100. The number of hydrogen-bond donors (Lipinski definition) is 2. The van der Waals surface area contributed by atoms with Crippen molar-refractivity contribution in [1.82, 2.24) is 15.4 Å². The Bertz CT molecular complexity index is 205. The third kappa shape index (κ3) is 2.31. The molecule has 0 aromatic carbocycles. The van der Waals surface area contributed by atoms with Gasteiger partial charge in [-0.3, -0.25) is 5.10 Å². The molecule has 4 nitrogen and oxygen atoms in total. The van der Waals surface area contributed by atoms with E-state index in [1.165, 1.54) is 0 Å². The summed E-state index contributed by atoms with van der Waals surface area (Å²) in [6.45, 7) is 4.14. The molecule has 11 heavy (non-hydrogen) atoms. The molecule has 1 heterocycles. The van der Waals surface area contributed by atoms with Gasteiger partial charge in [0.15, 0.2) is 0 Å². The van der Waals surface area contributed by atoms with Crippen LogP contribution in [0.5, 0.6) is 0 Å². The largest absolute Gasteiger partial charge is 0.396 e. The summed E-state index contributed by atoms with van der Waals surface area (Å²) in [5, 5.41) is 19.0. The summed E-state index contributed by atoms with van der Waals surface area (Å²) in [6.07, 6.45) is 2.50. The second-order valence-corrected chi connectivity index (χ2v) is 3.46. The number of H-pyrrole nitrogens is 1. The minimum absolute atomic E-state index is 0.100. The highest BCUT2D eigenvalue weighted by Crippen LogP contribution is 2.18. The van der Waals surface area contributed by atoms with Crippen LogP contribution in [-0.4, -0.2) is 27.1 Å². The van der Waals surface area contributed by atoms with Gasteiger partial charge in [-0.1, -0.05) is 19.1 Å². The molecule has 0 amide bonds. The molecule has 0 saturated heterocycles. The molecule has 0 radical (unpaired) electrons. The lowest BCUT2D eigenvalue weighted by Crippen LogP contribution is -2.19. The van der Waals surface area contributed by atoms with Crippen LogP contribution in [0.3, 0.4) is 0 Å². The average molecular weight is 155 g/mol. The number of nitrogens with zero attached hydrogens (tertiary/aromatic N) is 2. The Hall–Kier alpha value is -0.900. The van der Waals surface area contributed by atoms with Crippen molar-refractivity contribution in [1.29, 1.82) is 0 Å². The van der Waals surface area contributed by atoms with Gasteiger partial charge in [0.25, 0.3) is 0 Å². The zero-order valence-electron chi connectivity index (χ0n) is 6.83. The maximum absolute atomic E-state index is 8.93. The van der Waals surface area contributed by atoms with Crippen molar-refractivity contribution in [3.8, 4) is 0 Å². The molecule has 1 aromatic rings. The Morgan fingerprint density at radius 1 is 1.64 bits per heavy atom. The summed E-state index contributed by atoms with van der Waals surface area (Å²) in [7, 11) is 0. The summed E-state index contributed by atoms with van der Waals surface area (Å²) in [5.41, 5.74) is 0.792. The van der Waals surface area contributed by atoms with Gasteiger partial charge in [0.2, 0.25) is 0 Å². The van der Waals surface area contributed by atoms with E-state index in [1.807, 2.05) is 13.8 Å². The highest BCUT2D eigenvalue weighted by atomic mass is 16.3. The molecule has 1 rings (SSSR count). The van der Waals surface area contributed by atoms with Crippen molar-refractivity contribution in [2.24, 2.45) is 5.41 Å². The van der Waals surface area contributed by atoms with Crippen LogP contribution < -0.4 is 0 Å². The molecule has 0 fully saturated rings. The molecule has 0 aliphatic carbocycles. The number of rotatable bonds is 3. The van der Waals surface area contributed by atoms with Crippen molar-refractivity contribution in [3.63, 3.8) is 0 Å². The third-order valence-electron chi connectivity index (χ3n) is 1.56. The van der Waals surface area contributed by atoms with Crippen LogP contribution in [0.25, 0.3) is 0 Å². The fraction of sp³-hybridized carbons (Fsp3) is 0.714. The predicted octanol–water partition coefficient (Wildman–Crippen LogP) is 0.366. The number of hydrogen-bond acceptors (Lipinski definition) is 3. The van der Waals surface area contributed by atoms with E-state index in [0.29, 0.717) is 0 Å². The van der Waals surface area contributed by atoms with E-state index in [-0.39, 0.29) is 12.0 Å². The quantitative estimate of drug-likeness (QED) is 0.662. The predicted molar refractivity (Wildman–Crippen MR) is 41.0 cm³/mol. The van der Waals surface area contributed by atoms with Gasteiger partial charge in [-0.05, 0) is 5.41 Å². The molecular weight excluding hydrogens is 142 g/mol. The van der Waals surface area contributed by atoms with Crippen LogP contribution in [0, 0.1) is 5.41 Å². The topological polar surface area (TPSA) is 61.8 Å². The van der Waals surface area contributed by atoms with Crippen LogP contribution >= 0.6 is 0 Å². The van der Waals surface area contributed by atoms with E-state index in [2.05, 4.69) is 15.4 Å². The third-order valence-corrected chi connectivity index (χ3v) is 1.56. The molecule has 1 aromatic heterocycles. The zero-order chi connectivity index (χ0) is 8.32. The molecule has 0 saturated carbocycles. The normalized spacial score (nSPS) is 11.9. The standard InChI is InChI=1S/C7H13N3O/c1-7(2,5-11)3-6-4-8-10-9-6/h4,11H,3,5H2,1-2H3,(H,8,9,10). The number of aliphatic hydroxyl groups is 1. The van der Waals surface area contributed by atoms with Gasteiger partial charge in [-0.25, -0.2) is 0 Å². The smallest absolute Gasteiger partial charge is 0.0830 e. The van der Waals surface area contributed by atoms with Gasteiger partial charge in [0.1, 0.15) is 0 Å². The lowest BCUT2D eigenvalue weighted by Gasteiger charge is -2.19. The van der Waals surface area contributed by atoms with E-state index in [4.69, 9.17) is 5.11 Å². The average Bonchev–Trinajstić information content (AvgIpc) is 2.39. The van der Waals surface area contributed by atoms with Gasteiger partial charge >= 0.3 is 0 Å². The fourth-order valence-electron chi connectivity index (χ4n) is 0.858.